The molecule has 23 heavy (non-hydrogen) atoms. The van der Waals surface area contributed by atoms with E-state index < -0.39 is 18.9 Å². The topological polar surface area (TPSA) is 74.7 Å². The summed E-state index contributed by atoms with van der Waals surface area (Å²) in [5, 5.41) is 12.1. The maximum absolute atomic E-state index is 12.2. The summed E-state index contributed by atoms with van der Waals surface area (Å²) in [5.41, 5.74) is 0.350. The molecule has 9 heteroatoms. The Morgan fingerprint density at radius 2 is 2.30 bits per heavy atom. The van der Waals surface area contributed by atoms with Crippen molar-refractivity contribution in [1.29, 1.82) is 0 Å². The van der Waals surface area contributed by atoms with E-state index in [2.05, 4.69) is 15.0 Å². The second kappa shape index (κ2) is 7.49. The minimum absolute atomic E-state index is 0.00748. The van der Waals surface area contributed by atoms with E-state index in [4.69, 9.17) is 0 Å². The van der Waals surface area contributed by atoms with Gasteiger partial charge in [-0.15, -0.1) is 0 Å². The molecule has 2 rings (SSSR count). The van der Waals surface area contributed by atoms with Crippen LogP contribution in [-0.4, -0.2) is 53.0 Å². The number of aliphatic hydroxyl groups is 1. The fourth-order valence-corrected chi connectivity index (χ4v) is 2.26. The zero-order valence-corrected chi connectivity index (χ0v) is 12.3. The number of carbonyl (C=O) groups is 1. The number of nitrogens with zero attached hydrogens (tertiary/aromatic N) is 2. The van der Waals surface area contributed by atoms with Gasteiger partial charge in [0.25, 0.3) is 0 Å². The Bertz CT molecular complexity index is 539. The van der Waals surface area contributed by atoms with Crippen molar-refractivity contribution >= 4 is 6.03 Å². The predicted molar refractivity (Wildman–Crippen MR) is 74.8 cm³/mol. The maximum atomic E-state index is 12.2. The first-order valence-electron chi connectivity index (χ1n) is 7.19. The minimum atomic E-state index is -4.46. The lowest BCUT2D eigenvalue weighted by Gasteiger charge is -2.30. The highest BCUT2D eigenvalue weighted by molar-refractivity contribution is 5.74. The molecule has 2 heterocycles. The third kappa shape index (κ3) is 5.59. The second-order valence-corrected chi connectivity index (χ2v) is 5.27. The smallest absolute Gasteiger partial charge is 0.422 e. The van der Waals surface area contributed by atoms with Crippen molar-refractivity contribution in [3.8, 4) is 5.88 Å². The van der Waals surface area contributed by atoms with Gasteiger partial charge in [0.2, 0.25) is 5.88 Å². The molecule has 1 saturated heterocycles. The number of nitrogens with one attached hydrogen (secondary N) is 1. The number of halogens is 3. The van der Waals surface area contributed by atoms with E-state index in [1.54, 1.807) is 6.07 Å². The average Bonchev–Trinajstić information content (AvgIpc) is 2.50. The van der Waals surface area contributed by atoms with E-state index in [-0.39, 0.29) is 25.0 Å². The number of rotatable bonds is 4. The first kappa shape index (κ1) is 17.3. The number of ether oxygens (including phenoxy) is 1. The van der Waals surface area contributed by atoms with Gasteiger partial charge in [0.1, 0.15) is 0 Å². The monoisotopic (exact) mass is 333 g/mol. The Morgan fingerprint density at radius 3 is 3.00 bits per heavy atom. The number of pyridine rings is 1. The minimum Gasteiger partial charge on any atom is -0.468 e. The fraction of sp³-hybridized carbons (Fsp3) is 0.571. The molecule has 6 nitrogen and oxygen atoms in total. The number of alkyl halides is 3. The molecule has 1 aromatic rings. The predicted octanol–water partition coefficient (Wildman–Crippen LogP) is 1.69. The number of amides is 2. The molecule has 0 aliphatic carbocycles. The van der Waals surface area contributed by atoms with Crippen molar-refractivity contribution in [3.63, 3.8) is 0 Å². The van der Waals surface area contributed by atoms with Crippen molar-refractivity contribution in [3.05, 3.63) is 23.9 Å². The van der Waals surface area contributed by atoms with Crippen molar-refractivity contribution in [2.24, 2.45) is 0 Å². The Hall–Kier alpha value is -2.03. The number of aromatic nitrogens is 1. The molecular weight excluding hydrogens is 315 g/mol. The molecule has 0 saturated carbocycles. The molecule has 1 unspecified atom stereocenters. The van der Waals surface area contributed by atoms with E-state index >= 15 is 0 Å². The van der Waals surface area contributed by atoms with Crippen LogP contribution in [0, 0.1) is 0 Å². The van der Waals surface area contributed by atoms with Crippen LogP contribution >= 0.6 is 0 Å². The van der Waals surface area contributed by atoms with Crippen LogP contribution in [0.5, 0.6) is 5.88 Å². The summed E-state index contributed by atoms with van der Waals surface area (Å²) in [7, 11) is 0. The lowest BCUT2D eigenvalue weighted by Crippen LogP contribution is -2.46. The van der Waals surface area contributed by atoms with E-state index in [0.29, 0.717) is 24.9 Å². The van der Waals surface area contributed by atoms with Crippen LogP contribution in [0.25, 0.3) is 0 Å². The third-order valence-corrected chi connectivity index (χ3v) is 3.34. The lowest BCUT2D eigenvalue weighted by atomic mass is 10.1. The summed E-state index contributed by atoms with van der Waals surface area (Å²) in [6.45, 7) is -0.667. The van der Waals surface area contributed by atoms with Crippen LogP contribution in [0.2, 0.25) is 0 Å². The molecule has 0 spiro atoms. The van der Waals surface area contributed by atoms with Gasteiger partial charge in [0.15, 0.2) is 6.61 Å². The van der Waals surface area contributed by atoms with Crippen molar-refractivity contribution in [2.75, 3.05) is 19.7 Å². The second-order valence-electron chi connectivity index (χ2n) is 5.27. The van der Waals surface area contributed by atoms with Crippen molar-refractivity contribution in [2.45, 2.75) is 31.7 Å². The van der Waals surface area contributed by atoms with Crippen molar-refractivity contribution < 1.29 is 27.8 Å². The number of carbonyl (C=O) groups excluding carboxylic acids is 1. The molecule has 0 bridgehead atoms. The average molecular weight is 333 g/mol. The molecule has 1 fully saturated rings. The number of β-amino-alcohol motifs (C(OH)–C–C–N with tert-alkyl or cyclic N) is 1. The highest BCUT2D eigenvalue weighted by Crippen LogP contribution is 2.20. The highest BCUT2D eigenvalue weighted by Gasteiger charge is 2.29. The first-order chi connectivity index (χ1) is 10.8. The molecule has 128 valence electrons. The molecule has 1 atom stereocenters. The summed E-state index contributed by atoms with van der Waals surface area (Å²) >= 11 is 0. The highest BCUT2D eigenvalue weighted by atomic mass is 19.4. The Labute approximate surface area is 131 Å². The summed E-state index contributed by atoms with van der Waals surface area (Å²) in [6.07, 6.45) is -2.32. The van der Waals surface area contributed by atoms with E-state index in [1.807, 2.05) is 0 Å². The number of urea groups is 1. The van der Waals surface area contributed by atoms with E-state index in [1.165, 1.54) is 17.2 Å². The van der Waals surface area contributed by atoms with Crippen molar-refractivity contribution in [1.82, 2.24) is 15.2 Å². The maximum Gasteiger partial charge on any atom is 0.422 e. The zero-order chi connectivity index (χ0) is 16.9. The molecule has 1 aliphatic heterocycles. The van der Waals surface area contributed by atoms with Gasteiger partial charge < -0.3 is 20.1 Å². The van der Waals surface area contributed by atoms with Gasteiger partial charge in [0, 0.05) is 31.4 Å². The molecular formula is C14H18F3N3O3. The van der Waals surface area contributed by atoms with E-state index in [0.717, 1.165) is 0 Å². The molecule has 2 N–H and O–H groups in total. The van der Waals surface area contributed by atoms with Crippen LogP contribution < -0.4 is 10.1 Å². The zero-order valence-electron chi connectivity index (χ0n) is 12.3. The quantitative estimate of drug-likeness (QED) is 0.879. The fourth-order valence-electron chi connectivity index (χ4n) is 2.26. The summed E-state index contributed by atoms with van der Waals surface area (Å²) in [6, 6.07) is 2.70. The van der Waals surface area contributed by atoms with Crippen LogP contribution in [0.1, 0.15) is 18.4 Å². The normalized spacial score (nSPS) is 18.6. The van der Waals surface area contributed by atoms with E-state index in [9.17, 15) is 23.1 Å². The van der Waals surface area contributed by atoms with Crippen LogP contribution in [-0.2, 0) is 6.54 Å². The summed E-state index contributed by atoms with van der Waals surface area (Å²) < 4.78 is 41.3. The summed E-state index contributed by atoms with van der Waals surface area (Å²) in [4.78, 5) is 17.2. The standard InChI is InChI=1S/C14H18F3N3O3/c15-14(16,17)9-23-12-10(3-1-5-18-12)7-19-13(22)20-6-2-4-11(21)8-20/h1,3,5,11,21H,2,4,6-9H2,(H,19,22). The number of aliphatic hydroxyl groups excluding tert-OH is 1. The number of likely N-dealkylation sites (tertiary alicyclic amines) is 1. The van der Waals surface area contributed by atoms with Crippen LogP contribution in [0.15, 0.2) is 18.3 Å². The Morgan fingerprint density at radius 1 is 1.52 bits per heavy atom. The molecule has 0 radical (unpaired) electrons. The van der Waals surface area contributed by atoms with Gasteiger partial charge >= 0.3 is 12.2 Å². The molecule has 1 aliphatic rings. The van der Waals surface area contributed by atoms with Gasteiger partial charge in [-0.1, -0.05) is 6.07 Å². The summed E-state index contributed by atoms with van der Waals surface area (Å²) in [5.74, 6) is -0.163. The van der Waals surface area contributed by atoms with Crippen LogP contribution in [0.4, 0.5) is 18.0 Å². The largest absolute Gasteiger partial charge is 0.468 e. The number of hydrogen-bond donors (Lipinski definition) is 2. The van der Waals surface area contributed by atoms with Gasteiger partial charge in [0.05, 0.1) is 6.10 Å². The molecule has 0 aromatic carbocycles. The number of piperidine rings is 1. The van der Waals surface area contributed by atoms with Gasteiger partial charge in [-0.3, -0.25) is 0 Å². The van der Waals surface area contributed by atoms with Gasteiger partial charge in [-0.25, -0.2) is 9.78 Å². The lowest BCUT2D eigenvalue weighted by molar-refractivity contribution is -0.154. The molecule has 2 amide bonds. The van der Waals surface area contributed by atoms with Crippen LogP contribution in [0.3, 0.4) is 0 Å². The van der Waals surface area contributed by atoms with Gasteiger partial charge in [-0.2, -0.15) is 13.2 Å². The Kier molecular flexibility index (Phi) is 5.64. The number of hydrogen-bond acceptors (Lipinski definition) is 4. The van der Waals surface area contributed by atoms with Gasteiger partial charge in [-0.05, 0) is 18.9 Å². The molecule has 1 aromatic heterocycles. The Balaban J connectivity index is 1.91. The SMILES string of the molecule is O=C(NCc1cccnc1OCC(F)(F)F)N1CCCC(O)C1. The first-order valence-corrected chi connectivity index (χ1v) is 7.19. The third-order valence-electron chi connectivity index (χ3n) is 3.34.